The van der Waals surface area contributed by atoms with Crippen molar-refractivity contribution in [1.82, 2.24) is 0 Å². The first-order chi connectivity index (χ1) is 8.54. The summed E-state index contributed by atoms with van der Waals surface area (Å²) in [5.41, 5.74) is 11.0. The van der Waals surface area contributed by atoms with Gasteiger partial charge in [0.05, 0.1) is 0 Å². The van der Waals surface area contributed by atoms with E-state index >= 15 is 0 Å². The third-order valence-corrected chi connectivity index (χ3v) is 3.63. The van der Waals surface area contributed by atoms with Crippen LogP contribution in [0.4, 0.5) is 0 Å². The van der Waals surface area contributed by atoms with Crippen LogP contribution in [0, 0.1) is 6.92 Å². The van der Waals surface area contributed by atoms with Crippen LogP contribution in [0.5, 0.6) is 0 Å². The molecule has 1 heteroatoms. The van der Waals surface area contributed by atoms with E-state index in [-0.39, 0.29) is 5.41 Å². The van der Waals surface area contributed by atoms with Gasteiger partial charge in [-0.15, -0.1) is 0 Å². The van der Waals surface area contributed by atoms with E-state index < -0.39 is 0 Å². The molecule has 0 radical (unpaired) electrons. The zero-order valence-electron chi connectivity index (χ0n) is 11.4. The second kappa shape index (κ2) is 4.95. The van der Waals surface area contributed by atoms with E-state index in [0.29, 0.717) is 6.54 Å². The van der Waals surface area contributed by atoms with E-state index in [1.54, 1.807) is 0 Å². The summed E-state index contributed by atoms with van der Waals surface area (Å²) < 4.78 is 0. The van der Waals surface area contributed by atoms with Gasteiger partial charge < -0.3 is 5.73 Å². The molecule has 0 spiro atoms. The van der Waals surface area contributed by atoms with E-state index in [0.717, 1.165) is 0 Å². The highest BCUT2D eigenvalue weighted by molar-refractivity contribution is 5.67. The fourth-order valence-electron chi connectivity index (χ4n) is 2.12. The Bertz CT molecular complexity index is 524. The van der Waals surface area contributed by atoms with Gasteiger partial charge in [0.1, 0.15) is 0 Å². The van der Waals surface area contributed by atoms with Gasteiger partial charge in [-0.2, -0.15) is 0 Å². The second-order valence-electron chi connectivity index (χ2n) is 5.48. The van der Waals surface area contributed by atoms with Crippen molar-refractivity contribution in [2.75, 3.05) is 6.54 Å². The summed E-state index contributed by atoms with van der Waals surface area (Å²) in [6.07, 6.45) is 0. The lowest BCUT2D eigenvalue weighted by atomic mass is 9.84. The van der Waals surface area contributed by atoms with E-state index in [1.165, 1.54) is 22.3 Å². The highest BCUT2D eigenvalue weighted by Crippen LogP contribution is 2.27. The van der Waals surface area contributed by atoms with Crippen LogP contribution in [0.1, 0.15) is 25.0 Å². The molecule has 2 N–H and O–H groups in total. The lowest BCUT2D eigenvalue weighted by molar-refractivity contribution is 0.539. The van der Waals surface area contributed by atoms with Gasteiger partial charge >= 0.3 is 0 Å². The molecule has 0 aliphatic rings. The van der Waals surface area contributed by atoms with E-state index in [1.807, 2.05) is 0 Å². The molecule has 0 heterocycles. The number of hydrogen-bond donors (Lipinski definition) is 1. The van der Waals surface area contributed by atoms with Gasteiger partial charge in [0, 0.05) is 12.0 Å². The smallest absolute Gasteiger partial charge is 0.00190 e. The Kier molecular flexibility index (Phi) is 3.53. The van der Waals surface area contributed by atoms with Crippen molar-refractivity contribution in [1.29, 1.82) is 0 Å². The van der Waals surface area contributed by atoms with Crippen LogP contribution >= 0.6 is 0 Å². The standard InChI is InChI=1S/C17H21N/c1-13-6-4-5-7-16(13)14-8-10-15(11-9-14)17(2,3)12-18/h4-11H,12,18H2,1-3H3. The van der Waals surface area contributed by atoms with E-state index in [2.05, 4.69) is 69.3 Å². The van der Waals surface area contributed by atoms with Gasteiger partial charge in [-0.3, -0.25) is 0 Å². The normalized spacial score (nSPS) is 11.6. The molecule has 0 saturated heterocycles. The lowest BCUT2D eigenvalue weighted by Crippen LogP contribution is -2.27. The molecule has 2 rings (SSSR count). The predicted octanol–water partition coefficient (Wildman–Crippen LogP) is 3.90. The highest BCUT2D eigenvalue weighted by atomic mass is 14.6. The molecule has 0 aliphatic heterocycles. The van der Waals surface area contributed by atoms with E-state index in [4.69, 9.17) is 5.73 Å². The maximum atomic E-state index is 5.81. The molecule has 0 atom stereocenters. The van der Waals surface area contributed by atoms with Crippen LogP contribution in [0.15, 0.2) is 48.5 Å². The summed E-state index contributed by atoms with van der Waals surface area (Å²) in [5.74, 6) is 0. The first kappa shape index (κ1) is 12.8. The van der Waals surface area contributed by atoms with Crippen molar-refractivity contribution in [2.45, 2.75) is 26.2 Å². The SMILES string of the molecule is Cc1ccccc1-c1ccc(C(C)(C)CN)cc1. The molecule has 0 bridgehead atoms. The topological polar surface area (TPSA) is 26.0 Å². The van der Waals surface area contributed by atoms with Crippen LogP contribution in [-0.2, 0) is 5.41 Å². The molecule has 0 amide bonds. The van der Waals surface area contributed by atoms with Gasteiger partial charge in [0.2, 0.25) is 0 Å². The maximum absolute atomic E-state index is 5.81. The first-order valence-electron chi connectivity index (χ1n) is 6.41. The molecule has 2 aromatic carbocycles. The van der Waals surface area contributed by atoms with Crippen molar-refractivity contribution in [2.24, 2.45) is 5.73 Å². The van der Waals surface area contributed by atoms with Crippen molar-refractivity contribution >= 4 is 0 Å². The van der Waals surface area contributed by atoms with Crippen molar-refractivity contribution in [3.8, 4) is 11.1 Å². The molecule has 94 valence electrons. The molecular formula is C17H21N. The largest absolute Gasteiger partial charge is 0.330 e. The fraction of sp³-hybridized carbons (Fsp3) is 0.294. The molecule has 1 nitrogen and oxygen atoms in total. The van der Waals surface area contributed by atoms with Gasteiger partial charge in [0.15, 0.2) is 0 Å². The Labute approximate surface area is 110 Å². The predicted molar refractivity (Wildman–Crippen MR) is 78.7 cm³/mol. The number of nitrogens with two attached hydrogens (primary N) is 1. The summed E-state index contributed by atoms with van der Waals surface area (Å²) in [4.78, 5) is 0. The third kappa shape index (κ3) is 2.46. The number of aryl methyl sites for hydroxylation is 1. The van der Waals surface area contributed by atoms with Gasteiger partial charge in [-0.25, -0.2) is 0 Å². The van der Waals surface area contributed by atoms with Gasteiger partial charge in [-0.1, -0.05) is 62.4 Å². The van der Waals surface area contributed by atoms with Crippen LogP contribution in [0.25, 0.3) is 11.1 Å². The minimum absolute atomic E-state index is 0.0459. The Balaban J connectivity index is 2.37. The molecule has 0 aliphatic carbocycles. The molecule has 0 saturated carbocycles. The molecule has 0 aromatic heterocycles. The number of hydrogen-bond acceptors (Lipinski definition) is 1. The zero-order valence-corrected chi connectivity index (χ0v) is 11.4. The van der Waals surface area contributed by atoms with Crippen LogP contribution in [-0.4, -0.2) is 6.54 Å². The lowest BCUT2D eigenvalue weighted by Gasteiger charge is -2.23. The summed E-state index contributed by atoms with van der Waals surface area (Å²) in [6, 6.07) is 17.2. The maximum Gasteiger partial charge on any atom is 0.00190 e. The van der Waals surface area contributed by atoms with Crippen molar-refractivity contribution in [3.05, 3.63) is 59.7 Å². The van der Waals surface area contributed by atoms with Crippen LogP contribution in [0.3, 0.4) is 0 Å². The van der Waals surface area contributed by atoms with Crippen molar-refractivity contribution < 1.29 is 0 Å². The Hall–Kier alpha value is -1.60. The second-order valence-corrected chi connectivity index (χ2v) is 5.48. The van der Waals surface area contributed by atoms with E-state index in [9.17, 15) is 0 Å². The summed E-state index contributed by atoms with van der Waals surface area (Å²) in [6.45, 7) is 7.16. The minimum Gasteiger partial charge on any atom is -0.330 e. The molecule has 0 fully saturated rings. The van der Waals surface area contributed by atoms with Crippen LogP contribution < -0.4 is 5.73 Å². The minimum atomic E-state index is 0.0459. The molecular weight excluding hydrogens is 218 g/mol. The summed E-state index contributed by atoms with van der Waals surface area (Å²) in [7, 11) is 0. The molecule has 0 unspecified atom stereocenters. The van der Waals surface area contributed by atoms with Gasteiger partial charge in [0.25, 0.3) is 0 Å². The zero-order chi connectivity index (χ0) is 13.2. The fourth-order valence-corrected chi connectivity index (χ4v) is 2.12. The van der Waals surface area contributed by atoms with Crippen molar-refractivity contribution in [3.63, 3.8) is 0 Å². The quantitative estimate of drug-likeness (QED) is 0.863. The highest BCUT2D eigenvalue weighted by Gasteiger charge is 2.18. The number of rotatable bonds is 3. The third-order valence-electron chi connectivity index (χ3n) is 3.63. The Morgan fingerprint density at radius 1 is 0.944 bits per heavy atom. The molecule has 18 heavy (non-hydrogen) atoms. The first-order valence-corrected chi connectivity index (χ1v) is 6.41. The summed E-state index contributed by atoms with van der Waals surface area (Å²) in [5, 5.41) is 0. The number of benzene rings is 2. The monoisotopic (exact) mass is 239 g/mol. The van der Waals surface area contributed by atoms with Crippen LogP contribution in [0.2, 0.25) is 0 Å². The van der Waals surface area contributed by atoms with Gasteiger partial charge in [-0.05, 0) is 29.2 Å². The average Bonchev–Trinajstić information content (AvgIpc) is 2.39. The Morgan fingerprint density at radius 2 is 1.56 bits per heavy atom. The molecule has 2 aromatic rings. The Morgan fingerprint density at radius 3 is 2.11 bits per heavy atom. The average molecular weight is 239 g/mol. The summed E-state index contributed by atoms with van der Waals surface area (Å²) >= 11 is 0.